The summed E-state index contributed by atoms with van der Waals surface area (Å²) in [6.07, 6.45) is 1.77. The van der Waals surface area contributed by atoms with Crippen LogP contribution in [-0.2, 0) is 6.54 Å². The lowest BCUT2D eigenvalue weighted by atomic mass is 10.3. The maximum Gasteiger partial charge on any atom is 0.188 e. The molecule has 5 nitrogen and oxygen atoms in total. The van der Waals surface area contributed by atoms with Crippen LogP contribution in [0.1, 0.15) is 5.69 Å². The Hall–Kier alpha value is -1.05. The predicted molar refractivity (Wildman–Crippen MR) is 78.4 cm³/mol. The standard InChI is InChI=1S/C10H17N5.HI/c1-12-10(11)14-7-8-9(15(2)3)5-4-6-13-8;/h4-6H,7H2,1-3H3,(H3,11,12,14);1H. The number of hydrogen-bond acceptors (Lipinski definition) is 3. The van der Waals surface area contributed by atoms with Gasteiger partial charge in [0.2, 0.25) is 0 Å². The van der Waals surface area contributed by atoms with Crippen LogP contribution < -0.4 is 16.0 Å². The number of nitrogens with one attached hydrogen (secondary N) is 1. The zero-order valence-electron chi connectivity index (χ0n) is 9.77. The minimum atomic E-state index is 0. The van der Waals surface area contributed by atoms with Gasteiger partial charge in [-0.3, -0.25) is 9.98 Å². The van der Waals surface area contributed by atoms with E-state index < -0.39 is 0 Å². The fraction of sp³-hybridized carbons (Fsp3) is 0.400. The third kappa shape index (κ3) is 4.21. The molecule has 0 atom stereocenters. The fourth-order valence-electron chi connectivity index (χ4n) is 1.23. The van der Waals surface area contributed by atoms with Crippen molar-refractivity contribution in [2.45, 2.75) is 6.54 Å². The number of nitrogens with zero attached hydrogens (tertiary/aromatic N) is 3. The van der Waals surface area contributed by atoms with Crippen molar-refractivity contribution in [1.29, 1.82) is 0 Å². The topological polar surface area (TPSA) is 66.5 Å². The van der Waals surface area contributed by atoms with Gasteiger partial charge in [0, 0.05) is 27.3 Å². The normalized spacial score (nSPS) is 10.6. The molecule has 0 bridgehead atoms. The van der Waals surface area contributed by atoms with Gasteiger partial charge >= 0.3 is 0 Å². The van der Waals surface area contributed by atoms with Crippen LogP contribution in [0.5, 0.6) is 0 Å². The van der Waals surface area contributed by atoms with Gasteiger partial charge in [-0.1, -0.05) is 0 Å². The maximum atomic E-state index is 5.54. The molecule has 6 heteroatoms. The van der Waals surface area contributed by atoms with Gasteiger partial charge in [-0.25, -0.2) is 0 Å². The molecule has 0 aliphatic heterocycles. The van der Waals surface area contributed by atoms with Gasteiger partial charge < -0.3 is 16.0 Å². The van der Waals surface area contributed by atoms with Crippen molar-refractivity contribution >= 4 is 35.6 Å². The molecule has 0 aliphatic carbocycles. The SMILES string of the molecule is CN=C(N)NCc1ncccc1N(C)C.I. The van der Waals surface area contributed by atoms with Gasteiger partial charge in [-0.15, -0.1) is 24.0 Å². The number of halogens is 1. The van der Waals surface area contributed by atoms with E-state index in [1.165, 1.54) is 0 Å². The molecule has 3 N–H and O–H groups in total. The quantitative estimate of drug-likeness (QED) is 0.487. The summed E-state index contributed by atoms with van der Waals surface area (Å²) in [6.45, 7) is 0.581. The summed E-state index contributed by atoms with van der Waals surface area (Å²) >= 11 is 0. The van der Waals surface area contributed by atoms with Crippen LogP contribution in [0.2, 0.25) is 0 Å². The number of rotatable bonds is 3. The Labute approximate surface area is 113 Å². The van der Waals surface area contributed by atoms with Crippen LogP contribution >= 0.6 is 24.0 Å². The van der Waals surface area contributed by atoms with Crippen LogP contribution in [-0.4, -0.2) is 32.1 Å². The van der Waals surface area contributed by atoms with Crippen molar-refractivity contribution < 1.29 is 0 Å². The van der Waals surface area contributed by atoms with Crippen molar-refractivity contribution in [2.75, 3.05) is 26.0 Å². The van der Waals surface area contributed by atoms with Crippen LogP contribution in [0, 0.1) is 0 Å². The van der Waals surface area contributed by atoms with E-state index in [2.05, 4.69) is 15.3 Å². The molecule has 0 fully saturated rings. The number of pyridine rings is 1. The minimum absolute atomic E-state index is 0. The number of hydrogen-bond donors (Lipinski definition) is 2. The Kier molecular flexibility index (Phi) is 6.78. The smallest absolute Gasteiger partial charge is 0.188 e. The second kappa shape index (κ2) is 7.26. The number of aliphatic imine (C=N–C) groups is 1. The maximum absolute atomic E-state index is 5.54. The van der Waals surface area contributed by atoms with E-state index in [1.807, 2.05) is 31.1 Å². The minimum Gasteiger partial charge on any atom is -0.376 e. The van der Waals surface area contributed by atoms with E-state index in [0.717, 1.165) is 11.4 Å². The highest BCUT2D eigenvalue weighted by atomic mass is 127. The molecule has 1 heterocycles. The summed E-state index contributed by atoms with van der Waals surface area (Å²) in [5, 5.41) is 2.98. The molecule has 0 amide bonds. The van der Waals surface area contributed by atoms with Gasteiger partial charge in [0.05, 0.1) is 17.9 Å². The van der Waals surface area contributed by atoms with Gasteiger partial charge in [-0.05, 0) is 12.1 Å². The van der Waals surface area contributed by atoms with Crippen LogP contribution in [0.25, 0.3) is 0 Å². The van der Waals surface area contributed by atoms with Crippen molar-refractivity contribution in [2.24, 2.45) is 10.7 Å². The number of anilines is 1. The van der Waals surface area contributed by atoms with Crippen LogP contribution in [0.15, 0.2) is 23.3 Å². The van der Waals surface area contributed by atoms with E-state index in [4.69, 9.17) is 5.73 Å². The molecule has 0 aromatic carbocycles. The lowest BCUT2D eigenvalue weighted by molar-refractivity contribution is 0.855. The monoisotopic (exact) mass is 335 g/mol. The Morgan fingerprint density at radius 2 is 2.25 bits per heavy atom. The molecular weight excluding hydrogens is 317 g/mol. The first kappa shape index (κ1) is 15.0. The summed E-state index contributed by atoms with van der Waals surface area (Å²) in [5.41, 5.74) is 7.58. The fourth-order valence-corrected chi connectivity index (χ4v) is 1.23. The van der Waals surface area contributed by atoms with Crippen molar-refractivity contribution in [3.63, 3.8) is 0 Å². The zero-order chi connectivity index (χ0) is 11.3. The van der Waals surface area contributed by atoms with E-state index in [9.17, 15) is 0 Å². The lowest BCUT2D eigenvalue weighted by Crippen LogP contribution is -2.31. The third-order valence-electron chi connectivity index (χ3n) is 2.03. The average molecular weight is 335 g/mol. The van der Waals surface area contributed by atoms with Crippen LogP contribution in [0.4, 0.5) is 5.69 Å². The highest BCUT2D eigenvalue weighted by Crippen LogP contribution is 2.14. The van der Waals surface area contributed by atoms with Gasteiger partial charge in [-0.2, -0.15) is 0 Å². The second-order valence-corrected chi connectivity index (χ2v) is 3.33. The Balaban J connectivity index is 0.00000225. The first-order valence-corrected chi connectivity index (χ1v) is 4.72. The summed E-state index contributed by atoms with van der Waals surface area (Å²) in [5.74, 6) is 0.422. The Morgan fingerprint density at radius 1 is 1.56 bits per heavy atom. The van der Waals surface area contributed by atoms with E-state index in [0.29, 0.717) is 12.5 Å². The van der Waals surface area contributed by atoms with Gasteiger partial charge in [0.1, 0.15) is 0 Å². The molecule has 0 aliphatic rings. The summed E-state index contributed by atoms with van der Waals surface area (Å²) < 4.78 is 0. The molecule has 0 saturated carbocycles. The second-order valence-electron chi connectivity index (χ2n) is 3.33. The summed E-state index contributed by atoms with van der Waals surface area (Å²) in [7, 11) is 5.61. The van der Waals surface area contributed by atoms with Crippen LogP contribution in [0.3, 0.4) is 0 Å². The number of guanidine groups is 1. The molecule has 0 radical (unpaired) electrons. The predicted octanol–water partition coefficient (Wildman–Crippen LogP) is 0.800. The molecule has 1 rings (SSSR count). The summed E-state index contributed by atoms with van der Waals surface area (Å²) in [6, 6.07) is 3.93. The van der Waals surface area contributed by atoms with Crippen molar-refractivity contribution in [1.82, 2.24) is 10.3 Å². The van der Waals surface area contributed by atoms with Crippen molar-refractivity contribution in [3.05, 3.63) is 24.0 Å². The molecule has 90 valence electrons. The van der Waals surface area contributed by atoms with E-state index in [1.54, 1.807) is 13.2 Å². The van der Waals surface area contributed by atoms with Gasteiger partial charge in [0.15, 0.2) is 5.96 Å². The van der Waals surface area contributed by atoms with Crippen molar-refractivity contribution in [3.8, 4) is 0 Å². The molecular formula is C10H18IN5. The molecule has 1 aromatic heterocycles. The Bertz CT molecular complexity index is 351. The Morgan fingerprint density at radius 3 is 2.81 bits per heavy atom. The van der Waals surface area contributed by atoms with E-state index in [-0.39, 0.29) is 24.0 Å². The van der Waals surface area contributed by atoms with E-state index >= 15 is 0 Å². The third-order valence-corrected chi connectivity index (χ3v) is 2.03. The molecule has 1 aromatic rings. The highest BCUT2D eigenvalue weighted by molar-refractivity contribution is 14.0. The molecule has 0 spiro atoms. The number of aromatic nitrogens is 1. The lowest BCUT2D eigenvalue weighted by Gasteiger charge is -2.16. The zero-order valence-corrected chi connectivity index (χ0v) is 12.1. The highest BCUT2D eigenvalue weighted by Gasteiger charge is 2.04. The molecule has 0 saturated heterocycles. The largest absolute Gasteiger partial charge is 0.376 e. The first-order chi connectivity index (χ1) is 7.15. The first-order valence-electron chi connectivity index (χ1n) is 4.72. The number of nitrogens with two attached hydrogens (primary N) is 1. The average Bonchev–Trinajstić information content (AvgIpc) is 2.26. The molecule has 0 unspecified atom stereocenters. The molecule has 16 heavy (non-hydrogen) atoms. The summed E-state index contributed by atoms with van der Waals surface area (Å²) in [4.78, 5) is 10.1. The van der Waals surface area contributed by atoms with Gasteiger partial charge in [0.25, 0.3) is 0 Å².